The van der Waals surface area contributed by atoms with Gasteiger partial charge in [-0.1, -0.05) is 22.5 Å². The second-order valence-corrected chi connectivity index (χ2v) is 4.52. The second-order valence-electron chi connectivity index (χ2n) is 3.66. The average Bonchev–Trinajstić information content (AvgIpc) is 2.33. The van der Waals surface area contributed by atoms with Crippen molar-refractivity contribution in [2.24, 2.45) is 0 Å². The molecule has 18 heavy (non-hydrogen) atoms. The van der Waals surface area contributed by atoms with E-state index in [0.29, 0.717) is 25.3 Å². The SMILES string of the molecule is C=C(CNCc1cc(F)ccc1Br)C(=O)OCC. The molecule has 0 heterocycles. The fourth-order valence-electron chi connectivity index (χ4n) is 1.33. The molecule has 0 unspecified atom stereocenters. The first-order valence-corrected chi connectivity index (χ1v) is 6.33. The maximum atomic E-state index is 13.0. The summed E-state index contributed by atoms with van der Waals surface area (Å²) in [5, 5.41) is 3.01. The maximum Gasteiger partial charge on any atom is 0.334 e. The number of carbonyl (C=O) groups is 1. The van der Waals surface area contributed by atoms with E-state index in [1.807, 2.05) is 0 Å². The van der Waals surface area contributed by atoms with Crippen LogP contribution in [0.5, 0.6) is 0 Å². The first-order chi connectivity index (χ1) is 8.54. The Morgan fingerprint density at radius 3 is 2.94 bits per heavy atom. The van der Waals surface area contributed by atoms with Crippen molar-refractivity contribution >= 4 is 21.9 Å². The van der Waals surface area contributed by atoms with Gasteiger partial charge in [0.25, 0.3) is 0 Å². The van der Waals surface area contributed by atoms with Crippen molar-refractivity contribution in [3.05, 3.63) is 46.2 Å². The summed E-state index contributed by atoms with van der Waals surface area (Å²) in [5.74, 6) is -0.706. The summed E-state index contributed by atoms with van der Waals surface area (Å²) in [6, 6.07) is 4.46. The number of benzene rings is 1. The van der Waals surface area contributed by atoms with Crippen LogP contribution in [-0.4, -0.2) is 19.1 Å². The molecule has 1 rings (SSSR count). The predicted octanol–water partition coefficient (Wildman–Crippen LogP) is 2.80. The Kier molecular flexibility index (Phi) is 6.01. The molecule has 0 aromatic heterocycles. The van der Waals surface area contributed by atoms with Crippen molar-refractivity contribution in [2.75, 3.05) is 13.2 Å². The van der Waals surface area contributed by atoms with E-state index in [0.717, 1.165) is 10.0 Å². The van der Waals surface area contributed by atoms with Gasteiger partial charge in [-0.3, -0.25) is 0 Å². The summed E-state index contributed by atoms with van der Waals surface area (Å²) in [6.45, 7) is 6.44. The third-order valence-electron chi connectivity index (χ3n) is 2.23. The van der Waals surface area contributed by atoms with E-state index in [4.69, 9.17) is 4.74 Å². The zero-order chi connectivity index (χ0) is 13.5. The first-order valence-electron chi connectivity index (χ1n) is 5.54. The molecule has 0 amide bonds. The van der Waals surface area contributed by atoms with Crippen molar-refractivity contribution in [2.45, 2.75) is 13.5 Å². The lowest BCUT2D eigenvalue weighted by Crippen LogP contribution is -2.21. The molecule has 0 spiro atoms. The van der Waals surface area contributed by atoms with Crippen molar-refractivity contribution in [1.29, 1.82) is 0 Å². The molecule has 3 nitrogen and oxygen atoms in total. The van der Waals surface area contributed by atoms with E-state index in [2.05, 4.69) is 27.8 Å². The molecule has 0 fully saturated rings. The van der Waals surface area contributed by atoms with Crippen LogP contribution in [0.3, 0.4) is 0 Å². The van der Waals surface area contributed by atoms with Gasteiger partial charge in [0.05, 0.1) is 6.61 Å². The number of hydrogen-bond donors (Lipinski definition) is 1. The molecule has 0 saturated heterocycles. The normalized spacial score (nSPS) is 10.2. The minimum Gasteiger partial charge on any atom is -0.463 e. The van der Waals surface area contributed by atoms with Gasteiger partial charge in [-0.15, -0.1) is 0 Å². The summed E-state index contributed by atoms with van der Waals surface area (Å²) in [4.78, 5) is 11.3. The van der Waals surface area contributed by atoms with Crippen LogP contribution in [0, 0.1) is 5.82 Å². The Morgan fingerprint density at radius 2 is 2.28 bits per heavy atom. The van der Waals surface area contributed by atoms with E-state index in [1.165, 1.54) is 12.1 Å². The molecule has 1 N–H and O–H groups in total. The highest BCUT2D eigenvalue weighted by atomic mass is 79.9. The molecule has 98 valence electrons. The fraction of sp³-hybridized carbons (Fsp3) is 0.308. The van der Waals surface area contributed by atoms with Gasteiger partial charge in [-0.2, -0.15) is 0 Å². The Labute approximate surface area is 114 Å². The number of esters is 1. The standard InChI is InChI=1S/C13H15BrFNO2/c1-3-18-13(17)9(2)7-16-8-10-6-11(15)4-5-12(10)14/h4-6,16H,2-3,7-8H2,1H3. The van der Waals surface area contributed by atoms with Gasteiger partial charge in [0, 0.05) is 23.1 Å². The van der Waals surface area contributed by atoms with Crippen LogP contribution in [0.15, 0.2) is 34.8 Å². The zero-order valence-electron chi connectivity index (χ0n) is 10.1. The van der Waals surface area contributed by atoms with Crippen LogP contribution in [0.2, 0.25) is 0 Å². The highest BCUT2D eigenvalue weighted by Crippen LogP contribution is 2.17. The Balaban J connectivity index is 2.44. The van der Waals surface area contributed by atoms with Crippen molar-refractivity contribution in [3.8, 4) is 0 Å². The third-order valence-corrected chi connectivity index (χ3v) is 3.00. The Morgan fingerprint density at radius 1 is 1.56 bits per heavy atom. The summed E-state index contributed by atoms with van der Waals surface area (Å²) in [5.41, 5.74) is 1.14. The van der Waals surface area contributed by atoms with Gasteiger partial charge in [-0.25, -0.2) is 9.18 Å². The van der Waals surface area contributed by atoms with Crippen molar-refractivity contribution in [3.63, 3.8) is 0 Å². The maximum absolute atomic E-state index is 13.0. The first kappa shape index (κ1) is 14.9. The van der Waals surface area contributed by atoms with Crippen LogP contribution in [0.4, 0.5) is 4.39 Å². The minimum atomic E-state index is -0.414. The van der Waals surface area contributed by atoms with Gasteiger partial charge in [0.2, 0.25) is 0 Å². The number of halogens is 2. The topological polar surface area (TPSA) is 38.3 Å². The molecule has 5 heteroatoms. The summed E-state index contributed by atoms with van der Waals surface area (Å²) in [6.07, 6.45) is 0. The number of ether oxygens (including phenoxy) is 1. The van der Waals surface area contributed by atoms with Crippen LogP contribution < -0.4 is 5.32 Å². The molecule has 1 aromatic carbocycles. The van der Waals surface area contributed by atoms with E-state index < -0.39 is 5.97 Å². The lowest BCUT2D eigenvalue weighted by atomic mass is 10.2. The lowest BCUT2D eigenvalue weighted by Gasteiger charge is -2.08. The fourth-order valence-corrected chi connectivity index (χ4v) is 1.72. The van der Waals surface area contributed by atoms with Gasteiger partial charge in [-0.05, 0) is 30.7 Å². The molecule has 0 saturated carbocycles. The van der Waals surface area contributed by atoms with Crippen molar-refractivity contribution in [1.82, 2.24) is 5.32 Å². The third kappa shape index (κ3) is 4.58. The molecular weight excluding hydrogens is 301 g/mol. The smallest absolute Gasteiger partial charge is 0.334 e. The molecule has 0 radical (unpaired) electrons. The lowest BCUT2D eigenvalue weighted by molar-refractivity contribution is -0.138. The number of nitrogens with one attached hydrogen (secondary N) is 1. The molecule has 0 aliphatic carbocycles. The molecule has 0 aliphatic heterocycles. The summed E-state index contributed by atoms with van der Waals surface area (Å²) >= 11 is 3.33. The molecule has 0 bridgehead atoms. The largest absolute Gasteiger partial charge is 0.463 e. The number of rotatable bonds is 6. The van der Waals surface area contributed by atoms with Gasteiger partial charge in [0.1, 0.15) is 5.82 Å². The van der Waals surface area contributed by atoms with Crippen molar-refractivity contribution < 1.29 is 13.9 Å². The second kappa shape index (κ2) is 7.28. The molecular formula is C13H15BrFNO2. The van der Waals surface area contributed by atoms with E-state index in [9.17, 15) is 9.18 Å². The number of carbonyl (C=O) groups excluding carboxylic acids is 1. The Bertz CT molecular complexity index is 449. The summed E-state index contributed by atoms with van der Waals surface area (Å²) in [7, 11) is 0. The molecule has 0 atom stereocenters. The van der Waals surface area contributed by atoms with E-state index in [1.54, 1.807) is 13.0 Å². The molecule has 0 aliphatic rings. The van der Waals surface area contributed by atoms with Gasteiger partial charge in [0.15, 0.2) is 0 Å². The van der Waals surface area contributed by atoms with Crippen LogP contribution >= 0.6 is 15.9 Å². The zero-order valence-corrected chi connectivity index (χ0v) is 11.7. The molecule has 1 aromatic rings. The minimum absolute atomic E-state index is 0.292. The highest BCUT2D eigenvalue weighted by Gasteiger charge is 2.07. The van der Waals surface area contributed by atoms with Gasteiger partial charge >= 0.3 is 5.97 Å². The van der Waals surface area contributed by atoms with Gasteiger partial charge < -0.3 is 10.1 Å². The quantitative estimate of drug-likeness (QED) is 0.648. The summed E-state index contributed by atoms with van der Waals surface area (Å²) < 4.78 is 18.6. The average molecular weight is 316 g/mol. The van der Waals surface area contributed by atoms with Crippen LogP contribution in [0.1, 0.15) is 12.5 Å². The number of hydrogen-bond acceptors (Lipinski definition) is 3. The van der Waals surface area contributed by atoms with Crippen LogP contribution in [0.25, 0.3) is 0 Å². The van der Waals surface area contributed by atoms with E-state index >= 15 is 0 Å². The highest BCUT2D eigenvalue weighted by molar-refractivity contribution is 9.10. The Hall–Kier alpha value is -1.20. The predicted molar refractivity (Wildman–Crippen MR) is 71.6 cm³/mol. The monoisotopic (exact) mass is 315 g/mol. The van der Waals surface area contributed by atoms with E-state index in [-0.39, 0.29) is 5.82 Å². The van der Waals surface area contributed by atoms with Crippen LogP contribution in [-0.2, 0) is 16.1 Å².